The van der Waals surface area contributed by atoms with Gasteiger partial charge >= 0.3 is 0 Å². The molecule has 6 heteroatoms. The predicted octanol–water partition coefficient (Wildman–Crippen LogP) is 1.43. The Morgan fingerprint density at radius 2 is 1.71 bits per heavy atom. The zero-order valence-corrected chi connectivity index (χ0v) is 12.3. The van der Waals surface area contributed by atoms with Gasteiger partial charge < -0.3 is 5.11 Å². The van der Waals surface area contributed by atoms with E-state index in [1.807, 2.05) is 4.90 Å². The van der Waals surface area contributed by atoms with E-state index in [1.54, 1.807) is 24.3 Å². The van der Waals surface area contributed by atoms with E-state index >= 15 is 0 Å². The molecule has 1 atom stereocenters. The fraction of sp³-hybridized carbons (Fsp3) is 0.467. The van der Waals surface area contributed by atoms with Crippen molar-refractivity contribution in [3.63, 3.8) is 0 Å². The third-order valence-electron chi connectivity index (χ3n) is 4.15. The van der Waals surface area contributed by atoms with Gasteiger partial charge in [0.1, 0.15) is 0 Å². The molecule has 2 aliphatic rings. The quantitative estimate of drug-likeness (QED) is 0.840. The van der Waals surface area contributed by atoms with Gasteiger partial charge in [0, 0.05) is 18.1 Å². The molecule has 0 radical (unpaired) electrons. The number of imide groups is 1. The van der Waals surface area contributed by atoms with Crippen molar-refractivity contribution >= 4 is 29.1 Å². The van der Waals surface area contributed by atoms with Gasteiger partial charge in [-0.3, -0.25) is 14.5 Å². The number of aliphatic hydroxyl groups excluding tert-OH is 1. The number of carbonyl (C=O) groups is 2. The first-order valence-electron chi connectivity index (χ1n) is 7.11. The van der Waals surface area contributed by atoms with Gasteiger partial charge in [-0.15, -0.1) is 0 Å². The SMILES string of the molecule is O=C1C[C@@H](N2CCC(O)CC2)C(=O)N1c1ccc(Cl)cc1. The van der Waals surface area contributed by atoms with Crippen molar-refractivity contribution in [1.29, 1.82) is 0 Å². The number of benzene rings is 1. The number of aliphatic hydroxyl groups is 1. The lowest BCUT2D eigenvalue weighted by Gasteiger charge is -2.32. The summed E-state index contributed by atoms with van der Waals surface area (Å²) in [6.45, 7) is 1.30. The summed E-state index contributed by atoms with van der Waals surface area (Å²) >= 11 is 5.83. The molecule has 2 heterocycles. The maximum atomic E-state index is 12.6. The van der Waals surface area contributed by atoms with Gasteiger partial charge in [0.25, 0.3) is 5.91 Å². The molecule has 5 nitrogen and oxygen atoms in total. The molecular weight excluding hydrogens is 292 g/mol. The zero-order valence-electron chi connectivity index (χ0n) is 11.5. The van der Waals surface area contributed by atoms with Gasteiger partial charge in [0.2, 0.25) is 5.91 Å². The van der Waals surface area contributed by atoms with Gasteiger partial charge in [-0.05, 0) is 37.1 Å². The van der Waals surface area contributed by atoms with E-state index in [4.69, 9.17) is 11.6 Å². The van der Waals surface area contributed by atoms with E-state index in [9.17, 15) is 14.7 Å². The molecule has 1 N–H and O–H groups in total. The summed E-state index contributed by atoms with van der Waals surface area (Å²) in [7, 11) is 0. The number of likely N-dealkylation sites (tertiary alicyclic amines) is 1. The lowest BCUT2D eigenvalue weighted by Crippen LogP contribution is -2.46. The summed E-state index contributed by atoms with van der Waals surface area (Å²) < 4.78 is 0. The van der Waals surface area contributed by atoms with Crippen LogP contribution >= 0.6 is 11.6 Å². The van der Waals surface area contributed by atoms with Crippen molar-refractivity contribution in [2.75, 3.05) is 18.0 Å². The Morgan fingerprint density at radius 3 is 2.33 bits per heavy atom. The molecule has 112 valence electrons. The summed E-state index contributed by atoms with van der Waals surface area (Å²) in [6.07, 6.45) is 1.22. The first-order chi connectivity index (χ1) is 10.1. The molecule has 2 amide bonds. The molecule has 0 saturated carbocycles. The van der Waals surface area contributed by atoms with Gasteiger partial charge in [-0.1, -0.05) is 11.6 Å². The first kappa shape index (κ1) is 14.5. The van der Waals surface area contributed by atoms with E-state index in [2.05, 4.69) is 0 Å². The third kappa shape index (κ3) is 2.81. The highest BCUT2D eigenvalue weighted by molar-refractivity contribution is 6.30. The predicted molar refractivity (Wildman–Crippen MR) is 79.2 cm³/mol. The minimum Gasteiger partial charge on any atom is -0.393 e. The van der Waals surface area contributed by atoms with Gasteiger partial charge in [0.15, 0.2) is 0 Å². The summed E-state index contributed by atoms with van der Waals surface area (Å²) in [4.78, 5) is 28.0. The Labute approximate surface area is 128 Å². The summed E-state index contributed by atoms with van der Waals surface area (Å²) in [5.74, 6) is -0.364. The standard InChI is InChI=1S/C15H17ClN2O3/c16-10-1-3-11(4-2-10)18-14(20)9-13(15(18)21)17-7-5-12(19)6-8-17/h1-4,12-13,19H,5-9H2/t13-/m1/s1. The molecule has 3 rings (SSSR count). The number of hydrogen-bond donors (Lipinski definition) is 1. The van der Waals surface area contributed by atoms with Crippen molar-refractivity contribution in [3.8, 4) is 0 Å². The number of nitrogens with zero attached hydrogens (tertiary/aromatic N) is 2. The van der Waals surface area contributed by atoms with Crippen LogP contribution in [0.3, 0.4) is 0 Å². The van der Waals surface area contributed by atoms with Crippen LogP contribution in [0.25, 0.3) is 0 Å². The molecule has 1 aromatic rings. The average Bonchev–Trinajstić information content (AvgIpc) is 2.76. The fourth-order valence-corrected chi connectivity index (χ4v) is 3.09. The minimum absolute atomic E-state index is 0.182. The van der Waals surface area contributed by atoms with Crippen molar-refractivity contribution in [2.24, 2.45) is 0 Å². The molecule has 0 spiro atoms. The second-order valence-electron chi connectivity index (χ2n) is 5.53. The summed E-state index contributed by atoms with van der Waals surface area (Å²) in [5, 5.41) is 10.1. The first-order valence-corrected chi connectivity index (χ1v) is 7.48. The van der Waals surface area contributed by atoms with Crippen LogP contribution in [-0.4, -0.2) is 47.1 Å². The third-order valence-corrected chi connectivity index (χ3v) is 4.40. The molecule has 2 aliphatic heterocycles. The summed E-state index contributed by atoms with van der Waals surface area (Å²) in [5.41, 5.74) is 0.564. The van der Waals surface area contributed by atoms with Crippen LogP contribution in [0.2, 0.25) is 5.02 Å². The molecule has 0 bridgehead atoms. The normalized spacial score (nSPS) is 24.9. The van der Waals surface area contributed by atoms with Crippen LogP contribution in [0, 0.1) is 0 Å². The number of amides is 2. The van der Waals surface area contributed by atoms with E-state index in [0.717, 1.165) is 0 Å². The highest BCUT2D eigenvalue weighted by Gasteiger charge is 2.43. The molecule has 0 aromatic heterocycles. The maximum absolute atomic E-state index is 12.6. The van der Waals surface area contributed by atoms with Crippen molar-refractivity contribution in [2.45, 2.75) is 31.4 Å². The number of halogens is 1. The van der Waals surface area contributed by atoms with Gasteiger partial charge in [-0.25, -0.2) is 4.90 Å². The van der Waals surface area contributed by atoms with E-state index in [1.165, 1.54) is 4.90 Å². The van der Waals surface area contributed by atoms with Crippen LogP contribution < -0.4 is 4.90 Å². The van der Waals surface area contributed by atoms with E-state index < -0.39 is 6.04 Å². The molecule has 2 saturated heterocycles. The van der Waals surface area contributed by atoms with Crippen LogP contribution in [0.4, 0.5) is 5.69 Å². The van der Waals surface area contributed by atoms with Crippen LogP contribution in [0.1, 0.15) is 19.3 Å². The Hall–Kier alpha value is -1.43. The molecular formula is C15H17ClN2O3. The smallest absolute Gasteiger partial charge is 0.251 e. The number of hydrogen-bond acceptors (Lipinski definition) is 4. The molecule has 0 aliphatic carbocycles. The van der Waals surface area contributed by atoms with Crippen LogP contribution in [0.5, 0.6) is 0 Å². The maximum Gasteiger partial charge on any atom is 0.251 e. The fourth-order valence-electron chi connectivity index (χ4n) is 2.96. The van der Waals surface area contributed by atoms with Crippen molar-refractivity contribution in [3.05, 3.63) is 29.3 Å². The largest absolute Gasteiger partial charge is 0.393 e. The lowest BCUT2D eigenvalue weighted by molar-refractivity contribution is -0.123. The topological polar surface area (TPSA) is 60.9 Å². The molecule has 2 fully saturated rings. The highest BCUT2D eigenvalue weighted by Crippen LogP contribution is 2.28. The van der Waals surface area contributed by atoms with Crippen LogP contribution in [-0.2, 0) is 9.59 Å². The number of anilines is 1. The Bertz CT molecular complexity index is 553. The number of carbonyl (C=O) groups excluding carboxylic acids is 2. The summed E-state index contributed by atoms with van der Waals surface area (Å²) in [6, 6.07) is 6.30. The average molecular weight is 309 g/mol. The monoisotopic (exact) mass is 308 g/mol. The molecule has 1 aromatic carbocycles. The Balaban J connectivity index is 1.77. The van der Waals surface area contributed by atoms with E-state index in [0.29, 0.717) is 36.6 Å². The second kappa shape index (κ2) is 5.75. The highest BCUT2D eigenvalue weighted by atomic mass is 35.5. The van der Waals surface area contributed by atoms with Gasteiger partial charge in [-0.2, -0.15) is 0 Å². The van der Waals surface area contributed by atoms with Gasteiger partial charge in [0.05, 0.1) is 24.3 Å². The molecule has 0 unspecified atom stereocenters. The molecule has 21 heavy (non-hydrogen) atoms. The number of rotatable bonds is 2. The van der Waals surface area contributed by atoms with E-state index in [-0.39, 0.29) is 24.3 Å². The Kier molecular flexibility index (Phi) is 3.97. The van der Waals surface area contributed by atoms with Crippen LogP contribution in [0.15, 0.2) is 24.3 Å². The minimum atomic E-state index is -0.402. The lowest BCUT2D eigenvalue weighted by atomic mass is 10.1. The second-order valence-corrected chi connectivity index (χ2v) is 5.97. The number of piperidine rings is 1. The Morgan fingerprint density at radius 1 is 1.10 bits per heavy atom. The van der Waals surface area contributed by atoms with Crippen molar-refractivity contribution in [1.82, 2.24) is 4.90 Å². The van der Waals surface area contributed by atoms with Crippen molar-refractivity contribution < 1.29 is 14.7 Å². The zero-order chi connectivity index (χ0) is 15.0.